The van der Waals surface area contributed by atoms with Crippen molar-refractivity contribution in [1.82, 2.24) is 10.3 Å². The number of hydrogen-bond acceptors (Lipinski definition) is 2. The molecule has 1 aliphatic carbocycles. The number of halogens is 2. The number of hydrogen-bond donors (Lipinski definition) is 1. The molecule has 0 aliphatic heterocycles. The molecule has 0 atom stereocenters. The molecule has 1 heterocycles. The molecule has 0 unspecified atom stereocenters. The van der Waals surface area contributed by atoms with Gasteiger partial charge in [0.25, 0.3) is 5.91 Å². The summed E-state index contributed by atoms with van der Waals surface area (Å²) in [4.78, 5) is 15.6. The lowest BCUT2D eigenvalue weighted by molar-refractivity contribution is 0.0948. The largest absolute Gasteiger partial charge is 0.351 e. The summed E-state index contributed by atoms with van der Waals surface area (Å²) in [6.45, 7) is 0.675. The smallest absolute Gasteiger partial charge is 0.271 e. The van der Waals surface area contributed by atoms with Gasteiger partial charge in [-0.25, -0.2) is 4.98 Å². The molecule has 3 nitrogen and oxygen atoms in total. The van der Waals surface area contributed by atoms with Crippen molar-refractivity contribution in [2.45, 2.75) is 19.3 Å². The number of nitrogens with one attached hydrogen (secondary N) is 1. The molecule has 1 amide bonds. The Morgan fingerprint density at radius 3 is 2.88 bits per heavy atom. The van der Waals surface area contributed by atoms with Crippen LogP contribution in [0.4, 0.5) is 0 Å². The first-order chi connectivity index (χ1) is 7.66. The molecule has 1 aromatic rings. The molecular formula is C11H12Cl2N2O. The Labute approximate surface area is 104 Å². The van der Waals surface area contributed by atoms with E-state index in [1.807, 2.05) is 0 Å². The number of rotatable bonds is 4. The predicted molar refractivity (Wildman–Crippen MR) is 63.9 cm³/mol. The van der Waals surface area contributed by atoms with Gasteiger partial charge in [0, 0.05) is 6.54 Å². The van der Waals surface area contributed by atoms with E-state index >= 15 is 0 Å². The van der Waals surface area contributed by atoms with Crippen LogP contribution in [0.15, 0.2) is 12.1 Å². The molecule has 1 aromatic heterocycles. The van der Waals surface area contributed by atoms with Crippen LogP contribution in [0.2, 0.25) is 10.2 Å². The quantitative estimate of drug-likeness (QED) is 0.844. The maximum atomic E-state index is 11.7. The van der Waals surface area contributed by atoms with Gasteiger partial charge in [0.05, 0.1) is 5.02 Å². The molecule has 0 spiro atoms. The Bertz CT molecular complexity index is 405. The minimum atomic E-state index is -0.256. The molecule has 16 heavy (non-hydrogen) atoms. The van der Waals surface area contributed by atoms with Crippen molar-refractivity contribution in [2.75, 3.05) is 6.54 Å². The topological polar surface area (TPSA) is 42.0 Å². The van der Waals surface area contributed by atoms with Crippen molar-refractivity contribution < 1.29 is 4.79 Å². The van der Waals surface area contributed by atoms with Crippen molar-refractivity contribution in [1.29, 1.82) is 0 Å². The van der Waals surface area contributed by atoms with Gasteiger partial charge in [-0.05, 0) is 24.5 Å². The third kappa shape index (κ3) is 3.09. The minimum Gasteiger partial charge on any atom is -0.351 e. The number of carbonyl (C=O) groups is 1. The lowest BCUT2D eigenvalue weighted by Gasteiger charge is -2.05. The van der Waals surface area contributed by atoms with Crippen molar-refractivity contribution in [2.24, 2.45) is 5.92 Å². The molecule has 0 radical (unpaired) electrons. The van der Waals surface area contributed by atoms with Crippen LogP contribution in [0.5, 0.6) is 0 Å². The van der Waals surface area contributed by atoms with E-state index in [9.17, 15) is 4.79 Å². The Kier molecular flexibility index (Phi) is 3.66. The van der Waals surface area contributed by atoms with Crippen molar-refractivity contribution in [3.63, 3.8) is 0 Å². The van der Waals surface area contributed by atoms with Gasteiger partial charge in [-0.3, -0.25) is 4.79 Å². The van der Waals surface area contributed by atoms with Crippen LogP contribution in [0.1, 0.15) is 29.8 Å². The normalized spacial score (nSPS) is 14.9. The SMILES string of the molecule is O=C(NCCC1CC1)c1nc(Cl)ccc1Cl. The lowest BCUT2D eigenvalue weighted by atomic mass is 10.3. The maximum absolute atomic E-state index is 11.7. The monoisotopic (exact) mass is 258 g/mol. The molecule has 0 saturated heterocycles. The van der Waals surface area contributed by atoms with Crippen LogP contribution in [0.25, 0.3) is 0 Å². The van der Waals surface area contributed by atoms with Crippen molar-refractivity contribution in [3.05, 3.63) is 28.0 Å². The van der Waals surface area contributed by atoms with Gasteiger partial charge in [-0.1, -0.05) is 36.0 Å². The predicted octanol–water partition coefficient (Wildman–Crippen LogP) is 2.92. The highest BCUT2D eigenvalue weighted by atomic mass is 35.5. The molecular weight excluding hydrogens is 247 g/mol. The van der Waals surface area contributed by atoms with Crippen molar-refractivity contribution >= 4 is 29.1 Å². The molecule has 0 bridgehead atoms. The number of nitrogens with zero attached hydrogens (tertiary/aromatic N) is 1. The van der Waals surface area contributed by atoms with Crippen LogP contribution >= 0.6 is 23.2 Å². The van der Waals surface area contributed by atoms with Gasteiger partial charge in [-0.15, -0.1) is 0 Å². The van der Waals surface area contributed by atoms with Crippen LogP contribution in [0.3, 0.4) is 0 Å². The molecule has 1 fully saturated rings. The first-order valence-corrected chi connectivity index (χ1v) is 6.02. The molecule has 1 aliphatic rings. The fraction of sp³-hybridized carbons (Fsp3) is 0.455. The second-order valence-electron chi connectivity index (χ2n) is 3.95. The summed E-state index contributed by atoms with van der Waals surface area (Å²) < 4.78 is 0. The Hall–Kier alpha value is -0.800. The standard InChI is InChI=1S/C11H12Cl2N2O/c12-8-3-4-9(13)15-10(8)11(16)14-6-5-7-1-2-7/h3-4,7H,1-2,5-6H2,(H,14,16). The lowest BCUT2D eigenvalue weighted by Crippen LogP contribution is -2.26. The van der Waals surface area contributed by atoms with Crippen LogP contribution in [-0.2, 0) is 0 Å². The van der Waals surface area contributed by atoms with E-state index in [1.54, 1.807) is 12.1 Å². The zero-order valence-corrected chi connectivity index (χ0v) is 10.2. The molecule has 86 valence electrons. The average Bonchev–Trinajstić information content (AvgIpc) is 3.05. The van der Waals surface area contributed by atoms with Gasteiger partial charge < -0.3 is 5.32 Å². The fourth-order valence-corrected chi connectivity index (χ4v) is 1.80. The molecule has 5 heteroatoms. The van der Waals surface area contributed by atoms with E-state index in [4.69, 9.17) is 23.2 Å². The van der Waals surface area contributed by atoms with E-state index in [2.05, 4.69) is 10.3 Å². The number of aromatic nitrogens is 1. The fourth-order valence-electron chi connectivity index (χ4n) is 1.46. The van der Waals surface area contributed by atoms with E-state index in [0.717, 1.165) is 12.3 Å². The minimum absolute atomic E-state index is 0.199. The Morgan fingerprint density at radius 2 is 2.19 bits per heavy atom. The van der Waals surface area contributed by atoms with Crippen molar-refractivity contribution in [3.8, 4) is 0 Å². The Morgan fingerprint density at radius 1 is 1.44 bits per heavy atom. The highest BCUT2D eigenvalue weighted by Gasteiger charge is 2.21. The van der Waals surface area contributed by atoms with E-state index in [1.165, 1.54) is 12.8 Å². The van der Waals surface area contributed by atoms with Crippen LogP contribution in [-0.4, -0.2) is 17.4 Å². The second-order valence-corrected chi connectivity index (χ2v) is 4.75. The van der Waals surface area contributed by atoms with E-state index in [0.29, 0.717) is 11.6 Å². The first kappa shape index (κ1) is 11.7. The van der Waals surface area contributed by atoms with Gasteiger partial charge in [0.2, 0.25) is 0 Å². The average molecular weight is 259 g/mol. The Balaban J connectivity index is 1.93. The summed E-state index contributed by atoms with van der Waals surface area (Å²) in [5.41, 5.74) is 0.199. The number of carbonyl (C=O) groups excluding carboxylic acids is 1. The highest BCUT2D eigenvalue weighted by Crippen LogP contribution is 2.31. The first-order valence-electron chi connectivity index (χ1n) is 5.27. The van der Waals surface area contributed by atoms with E-state index < -0.39 is 0 Å². The molecule has 1 saturated carbocycles. The summed E-state index contributed by atoms with van der Waals surface area (Å²) >= 11 is 11.6. The highest BCUT2D eigenvalue weighted by molar-refractivity contribution is 6.34. The summed E-state index contributed by atoms with van der Waals surface area (Å²) in [6.07, 6.45) is 3.60. The maximum Gasteiger partial charge on any atom is 0.271 e. The molecule has 0 aromatic carbocycles. The summed E-state index contributed by atoms with van der Waals surface area (Å²) in [5.74, 6) is 0.538. The third-order valence-electron chi connectivity index (χ3n) is 2.56. The van der Waals surface area contributed by atoms with Gasteiger partial charge in [0.1, 0.15) is 10.8 Å². The second kappa shape index (κ2) is 5.02. The molecule has 2 rings (SSSR count). The summed E-state index contributed by atoms with van der Waals surface area (Å²) in [7, 11) is 0. The van der Waals surface area contributed by atoms with E-state index in [-0.39, 0.29) is 16.8 Å². The summed E-state index contributed by atoms with van der Waals surface area (Å²) in [5, 5.41) is 3.40. The van der Waals surface area contributed by atoms with Gasteiger partial charge in [0.15, 0.2) is 0 Å². The van der Waals surface area contributed by atoms with Gasteiger partial charge in [-0.2, -0.15) is 0 Å². The number of pyridine rings is 1. The zero-order chi connectivity index (χ0) is 11.5. The van der Waals surface area contributed by atoms with Crippen LogP contribution in [0, 0.1) is 5.92 Å². The van der Waals surface area contributed by atoms with Crippen LogP contribution < -0.4 is 5.32 Å². The van der Waals surface area contributed by atoms with Gasteiger partial charge >= 0.3 is 0 Å². The summed E-state index contributed by atoms with van der Waals surface area (Å²) in [6, 6.07) is 3.14. The third-order valence-corrected chi connectivity index (χ3v) is 3.08. The molecule has 1 N–H and O–H groups in total. The number of amides is 1. The zero-order valence-electron chi connectivity index (χ0n) is 8.67.